The highest BCUT2D eigenvalue weighted by Crippen LogP contribution is 2.42. The molecule has 2 aromatic heterocycles. The van der Waals surface area contributed by atoms with Crippen LogP contribution in [0.3, 0.4) is 0 Å². The average Bonchev–Trinajstić information content (AvgIpc) is 3.09. The number of aliphatic hydroxyl groups is 2. The molecule has 0 unspecified atom stereocenters. The van der Waals surface area contributed by atoms with Crippen LogP contribution in [0.15, 0.2) is 78.9 Å². The maximum Gasteiger partial charge on any atom is 0.233 e. The number of aryl methyl sites for hydroxylation is 3. The predicted octanol–water partition coefficient (Wildman–Crippen LogP) is 5.97. The molecular weight excluding hydrogens is 618 g/mol. The fraction of sp³-hybridized carbons (Fsp3) is 0.189. The van der Waals surface area contributed by atoms with Gasteiger partial charge in [0.2, 0.25) is 17.8 Å². The van der Waals surface area contributed by atoms with Crippen molar-refractivity contribution in [2.45, 2.75) is 20.8 Å². The molecule has 0 amide bonds. The van der Waals surface area contributed by atoms with Crippen LogP contribution < -0.4 is 20.9 Å². The fourth-order valence-corrected chi connectivity index (χ4v) is 6.01. The van der Waals surface area contributed by atoms with E-state index in [1.165, 1.54) is 0 Å². The molecule has 12 heteroatoms. The number of hydrogen-bond donors (Lipinski definition) is 5. The van der Waals surface area contributed by atoms with Crippen LogP contribution in [0.25, 0.3) is 22.2 Å². The molecule has 246 valence electrons. The number of nitrogens with one attached hydrogen (secondary N) is 3. The summed E-state index contributed by atoms with van der Waals surface area (Å²) >= 11 is 0. The van der Waals surface area contributed by atoms with Gasteiger partial charge >= 0.3 is 0 Å². The van der Waals surface area contributed by atoms with Crippen molar-refractivity contribution in [2.24, 2.45) is 0 Å². The molecule has 0 radical (unpaired) electrons. The summed E-state index contributed by atoms with van der Waals surface area (Å²) in [6.07, 6.45) is 0. The average molecular weight is 654 g/mol. The second kappa shape index (κ2) is 13.3. The Morgan fingerprint density at radius 2 is 1.35 bits per heavy atom. The van der Waals surface area contributed by atoms with Crippen LogP contribution in [0.2, 0.25) is 0 Å². The van der Waals surface area contributed by atoms with Gasteiger partial charge in [-0.2, -0.15) is 15.0 Å². The number of para-hydroxylation sites is 1. The van der Waals surface area contributed by atoms with Crippen molar-refractivity contribution in [1.82, 2.24) is 24.9 Å². The van der Waals surface area contributed by atoms with Crippen molar-refractivity contribution >= 4 is 57.3 Å². The molecule has 0 spiro atoms. The summed E-state index contributed by atoms with van der Waals surface area (Å²) in [4.78, 5) is 38.9. The molecule has 0 aliphatic heterocycles. The summed E-state index contributed by atoms with van der Waals surface area (Å²) in [7, 11) is 0. The van der Waals surface area contributed by atoms with Gasteiger partial charge in [-0.15, -0.1) is 0 Å². The fourth-order valence-electron chi connectivity index (χ4n) is 6.01. The van der Waals surface area contributed by atoms with E-state index in [0.717, 1.165) is 44.7 Å². The van der Waals surface area contributed by atoms with Crippen molar-refractivity contribution in [2.75, 3.05) is 47.2 Å². The maximum atomic E-state index is 14.0. The molecule has 0 bridgehead atoms. The highest BCUT2D eigenvalue weighted by Gasteiger charge is 2.29. The summed E-state index contributed by atoms with van der Waals surface area (Å²) in [6.45, 7) is 6.02. The first-order chi connectivity index (χ1) is 23.8. The number of anilines is 7. The molecular formula is C37H35N9O3. The number of fused-ring (bicyclic) bond motifs is 2. The van der Waals surface area contributed by atoms with E-state index in [0.29, 0.717) is 40.2 Å². The Balaban J connectivity index is 1.25. The first-order valence-electron chi connectivity index (χ1n) is 16.0. The van der Waals surface area contributed by atoms with Gasteiger partial charge in [-0.1, -0.05) is 48.5 Å². The van der Waals surface area contributed by atoms with Gasteiger partial charge < -0.3 is 31.1 Å². The normalized spacial score (nSPS) is 11.7. The van der Waals surface area contributed by atoms with Crippen LogP contribution in [0.5, 0.6) is 0 Å². The lowest BCUT2D eigenvalue weighted by atomic mass is 9.85. The molecule has 2 heterocycles. The van der Waals surface area contributed by atoms with Crippen molar-refractivity contribution in [3.8, 4) is 11.3 Å². The van der Waals surface area contributed by atoms with Crippen molar-refractivity contribution in [3.05, 3.63) is 107 Å². The number of benzene rings is 4. The van der Waals surface area contributed by atoms with Crippen LogP contribution in [-0.4, -0.2) is 67.2 Å². The van der Waals surface area contributed by atoms with E-state index in [1.54, 1.807) is 4.90 Å². The second-order valence-electron chi connectivity index (χ2n) is 11.8. The Morgan fingerprint density at radius 3 is 2.10 bits per heavy atom. The molecule has 5 N–H and O–H groups in total. The van der Waals surface area contributed by atoms with Crippen molar-refractivity contribution in [1.29, 1.82) is 0 Å². The molecule has 1 aliphatic carbocycles. The molecule has 0 saturated carbocycles. The third-order valence-electron chi connectivity index (χ3n) is 8.43. The standard InChI is InChI=1S/C37H35N9O3/c1-21-8-4-7-11-27(21)42-36-43-35(44-37(45-36)46(16-18-47)17-19-48)40-24-13-12-22(2)30(20-24)41-29-15-14-28-31-32(29)34(49)26-10-6-5-9-25(26)33(31)39-23(3)38-28/h4-15,20,41,47-48H,16-19H2,1-3H3,(H2,40,42,43,44,45). The van der Waals surface area contributed by atoms with Crippen LogP contribution in [0.1, 0.15) is 32.9 Å². The summed E-state index contributed by atoms with van der Waals surface area (Å²) in [5.41, 5.74) is 8.33. The van der Waals surface area contributed by atoms with E-state index in [4.69, 9.17) is 4.98 Å². The summed E-state index contributed by atoms with van der Waals surface area (Å²) < 4.78 is 0. The number of ketones is 1. The lowest BCUT2D eigenvalue weighted by Gasteiger charge is -2.23. The van der Waals surface area contributed by atoms with E-state index in [9.17, 15) is 15.0 Å². The van der Waals surface area contributed by atoms with Crippen LogP contribution in [0.4, 0.5) is 40.6 Å². The lowest BCUT2D eigenvalue weighted by molar-refractivity contribution is 0.104. The largest absolute Gasteiger partial charge is 0.395 e. The third kappa shape index (κ3) is 6.22. The molecule has 49 heavy (non-hydrogen) atoms. The van der Waals surface area contributed by atoms with Crippen molar-refractivity contribution in [3.63, 3.8) is 0 Å². The zero-order chi connectivity index (χ0) is 34.1. The second-order valence-corrected chi connectivity index (χ2v) is 11.8. The first-order valence-corrected chi connectivity index (χ1v) is 16.0. The van der Waals surface area contributed by atoms with Gasteiger partial charge in [-0.25, -0.2) is 9.97 Å². The SMILES string of the molecule is Cc1nc2c3c(c(Nc4cc(Nc5nc(Nc6ccccc6C)nc(N(CCO)CCO)n5)ccc4C)ccc3n1)C(=O)c1ccccc1-2. The van der Waals surface area contributed by atoms with Gasteiger partial charge in [0.1, 0.15) is 5.82 Å². The van der Waals surface area contributed by atoms with Gasteiger partial charge in [-0.3, -0.25) is 4.79 Å². The van der Waals surface area contributed by atoms with Gasteiger partial charge in [0, 0.05) is 46.7 Å². The minimum atomic E-state index is -0.139. The van der Waals surface area contributed by atoms with E-state index in [1.807, 2.05) is 99.6 Å². The molecule has 1 aliphatic rings. The Morgan fingerprint density at radius 1 is 0.653 bits per heavy atom. The van der Waals surface area contributed by atoms with E-state index >= 15 is 0 Å². The quantitative estimate of drug-likeness (QED) is 0.111. The van der Waals surface area contributed by atoms with E-state index < -0.39 is 0 Å². The highest BCUT2D eigenvalue weighted by molar-refractivity contribution is 6.27. The predicted molar refractivity (Wildman–Crippen MR) is 192 cm³/mol. The Bertz CT molecular complexity index is 2220. The molecule has 7 rings (SSSR count). The monoisotopic (exact) mass is 653 g/mol. The Hall–Kier alpha value is -5.98. The molecule has 12 nitrogen and oxygen atoms in total. The zero-order valence-corrected chi connectivity index (χ0v) is 27.3. The van der Waals surface area contributed by atoms with Gasteiger partial charge in [-0.05, 0) is 62.2 Å². The number of aliphatic hydroxyl groups excluding tert-OH is 2. The zero-order valence-electron chi connectivity index (χ0n) is 27.3. The maximum absolute atomic E-state index is 14.0. The molecule has 0 saturated heterocycles. The summed E-state index contributed by atoms with van der Waals surface area (Å²) in [5, 5.41) is 30.2. The Kier molecular flexibility index (Phi) is 8.55. The summed E-state index contributed by atoms with van der Waals surface area (Å²) in [6, 6.07) is 24.9. The third-order valence-corrected chi connectivity index (χ3v) is 8.43. The molecule has 4 aromatic carbocycles. The van der Waals surface area contributed by atoms with Crippen molar-refractivity contribution < 1.29 is 15.0 Å². The molecule has 0 fully saturated rings. The minimum Gasteiger partial charge on any atom is -0.395 e. The highest BCUT2D eigenvalue weighted by atomic mass is 16.3. The number of aromatic nitrogens is 5. The van der Waals surface area contributed by atoms with Crippen LogP contribution in [0, 0.1) is 20.8 Å². The topological polar surface area (TPSA) is 161 Å². The number of rotatable bonds is 11. The van der Waals surface area contributed by atoms with Gasteiger partial charge in [0.25, 0.3) is 0 Å². The number of hydrogen-bond acceptors (Lipinski definition) is 12. The first kappa shape index (κ1) is 31.6. The van der Waals surface area contributed by atoms with Gasteiger partial charge in [0.15, 0.2) is 5.78 Å². The van der Waals surface area contributed by atoms with Gasteiger partial charge in [0.05, 0.1) is 35.7 Å². The van der Waals surface area contributed by atoms with E-state index in [-0.39, 0.29) is 38.0 Å². The lowest BCUT2D eigenvalue weighted by Crippen LogP contribution is -2.31. The number of nitrogens with zero attached hydrogens (tertiary/aromatic N) is 6. The Labute approximate surface area is 283 Å². The van der Waals surface area contributed by atoms with Crippen LogP contribution >= 0.6 is 0 Å². The molecule has 0 atom stereocenters. The summed E-state index contributed by atoms with van der Waals surface area (Å²) in [5.74, 6) is 1.42. The smallest absolute Gasteiger partial charge is 0.233 e. The van der Waals surface area contributed by atoms with E-state index in [2.05, 4.69) is 35.9 Å². The molecule has 6 aromatic rings. The number of carbonyl (C=O) groups is 1. The minimum absolute atomic E-state index is 0.0858. The number of carbonyl (C=O) groups excluding carboxylic acids is 1. The van der Waals surface area contributed by atoms with Crippen LogP contribution in [-0.2, 0) is 0 Å².